The molecule has 7 amide bonds. The maximum absolute atomic E-state index is 13.2. The van der Waals surface area contributed by atoms with Gasteiger partial charge in [-0.3, -0.25) is 43.8 Å². The number of aromatic nitrogens is 1. The Labute approximate surface area is 335 Å². The van der Waals surface area contributed by atoms with Gasteiger partial charge in [0.25, 0.3) is 23.6 Å². The average Bonchev–Trinajstić information content (AvgIpc) is 3.47. The SMILES string of the molecule is CCCCCN1c2nc(Nc3ccc(C(=O)NCCCCNC(=O)COc4cccc5c4C(=O)N(C4CCC(=O)NC4=O)C5=O)cc3OC)ccc2N(C)C(=O)[C@H]1C. The number of nitrogens with zero attached hydrogens (tertiary/aromatic N) is 4. The van der Waals surface area contributed by atoms with Gasteiger partial charge in [0.2, 0.25) is 17.7 Å². The van der Waals surface area contributed by atoms with E-state index < -0.39 is 42.2 Å². The summed E-state index contributed by atoms with van der Waals surface area (Å²) in [6, 6.07) is 11.7. The molecule has 4 heterocycles. The Kier molecular flexibility index (Phi) is 12.9. The van der Waals surface area contributed by atoms with E-state index in [1.807, 2.05) is 13.0 Å². The van der Waals surface area contributed by atoms with E-state index in [9.17, 15) is 33.6 Å². The zero-order valence-corrected chi connectivity index (χ0v) is 33.0. The molecule has 1 aromatic heterocycles. The van der Waals surface area contributed by atoms with E-state index in [4.69, 9.17) is 14.5 Å². The number of carbonyl (C=O) groups is 7. The van der Waals surface area contributed by atoms with Crippen molar-refractivity contribution in [3.05, 3.63) is 65.2 Å². The van der Waals surface area contributed by atoms with E-state index in [2.05, 4.69) is 33.1 Å². The molecule has 2 atom stereocenters. The molecule has 6 rings (SSSR count). The van der Waals surface area contributed by atoms with Crippen molar-refractivity contribution in [2.24, 2.45) is 0 Å². The van der Waals surface area contributed by atoms with Crippen LogP contribution in [0.4, 0.5) is 23.0 Å². The molecule has 58 heavy (non-hydrogen) atoms. The predicted octanol–water partition coefficient (Wildman–Crippen LogP) is 3.30. The highest BCUT2D eigenvalue weighted by atomic mass is 16.5. The van der Waals surface area contributed by atoms with Gasteiger partial charge < -0.3 is 35.2 Å². The van der Waals surface area contributed by atoms with E-state index in [1.165, 1.54) is 25.3 Å². The third-order valence-electron chi connectivity index (χ3n) is 10.4. The van der Waals surface area contributed by atoms with Crippen molar-refractivity contribution < 1.29 is 43.0 Å². The van der Waals surface area contributed by atoms with Gasteiger partial charge in [0.15, 0.2) is 12.4 Å². The second-order valence-electron chi connectivity index (χ2n) is 14.3. The number of imide groups is 2. The van der Waals surface area contributed by atoms with Crippen LogP contribution in [0, 0.1) is 0 Å². The van der Waals surface area contributed by atoms with Gasteiger partial charge in [0, 0.05) is 38.7 Å². The molecule has 1 saturated heterocycles. The van der Waals surface area contributed by atoms with Gasteiger partial charge in [-0.15, -0.1) is 0 Å². The molecular formula is C41H48N8O9. The van der Waals surface area contributed by atoms with Crippen LogP contribution in [0.2, 0.25) is 0 Å². The quantitative estimate of drug-likeness (QED) is 0.115. The second kappa shape index (κ2) is 18.2. The molecule has 17 nitrogen and oxygen atoms in total. The Bertz CT molecular complexity index is 2120. The van der Waals surface area contributed by atoms with Gasteiger partial charge in [-0.1, -0.05) is 25.8 Å². The molecule has 0 spiro atoms. The first-order valence-corrected chi connectivity index (χ1v) is 19.5. The predicted molar refractivity (Wildman–Crippen MR) is 213 cm³/mol. The monoisotopic (exact) mass is 796 g/mol. The first-order chi connectivity index (χ1) is 27.9. The number of likely N-dealkylation sites (N-methyl/N-ethyl adjacent to an activating group) is 1. The lowest BCUT2D eigenvalue weighted by Crippen LogP contribution is -2.54. The first kappa shape index (κ1) is 41.1. The zero-order chi connectivity index (χ0) is 41.5. The van der Waals surface area contributed by atoms with Crippen molar-refractivity contribution >= 4 is 64.4 Å². The highest BCUT2D eigenvalue weighted by molar-refractivity contribution is 6.24. The normalized spacial score (nSPS) is 17.4. The Morgan fingerprint density at radius 2 is 1.71 bits per heavy atom. The third-order valence-corrected chi connectivity index (χ3v) is 10.4. The number of piperidine rings is 1. The lowest BCUT2D eigenvalue weighted by Gasteiger charge is -2.39. The molecule has 4 N–H and O–H groups in total. The number of fused-ring (bicyclic) bond motifs is 2. The van der Waals surface area contributed by atoms with Crippen molar-refractivity contribution in [1.29, 1.82) is 0 Å². The number of hydrogen-bond donors (Lipinski definition) is 4. The summed E-state index contributed by atoms with van der Waals surface area (Å²) in [5.74, 6) is -1.53. The number of pyridine rings is 1. The number of benzene rings is 2. The Morgan fingerprint density at radius 1 is 0.931 bits per heavy atom. The van der Waals surface area contributed by atoms with Gasteiger partial charge >= 0.3 is 0 Å². The average molecular weight is 797 g/mol. The summed E-state index contributed by atoms with van der Waals surface area (Å²) in [7, 11) is 3.28. The molecule has 0 radical (unpaired) electrons. The van der Waals surface area contributed by atoms with E-state index in [0.29, 0.717) is 48.7 Å². The van der Waals surface area contributed by atoms with Crippen LogP contribution in [0.5, 0.6) is 11.5 Å². The number of ether oxygens (including phenoxy) is 2. The zero-order valence-electron chi connectivity index (χ0n) is 33.0. The summed E-state index contributed by atoms with van der Waals surface area (Å²) in [6.07, 6.45) is 4.22. The van der Waals surface area contributed by atoms with Crippen molar-refractivity contribution in [3.8, 4) is 11.5 Å². The number of unbranched alkanes of at least 4 members (excludes halogenated alkanes) is 3. The molecule has 0 saturated carbocycles. The van der Waals surface area contributed by atoms with E-state index in [0.717, 1.165) is 42.2 Å². The fourth-order valence-corrected chi connectivity index (χ4v) is 7.19. The first-order valence-electron chi connectivity index (χ1n) is 19.5. The molecule has 17 heteroatoms. The Morgan fingerprint density at radius 3 is 2.45 bits per heavy atom. The molecule has 1 fully saturated rings. The highest BCUT2D eigenvalue weighted by Crippen LogP contribution is 2.37. The van der Waals surface area contributed by atoms with Crippen LogP contribution >= 0.6 is 0 Å². The van der Waals surface area contributed by atoms with Crippen LogP contribution in [0.1, 0.15) is 89.9 Å². The number of rotatable bonds is 17. The van der Waals surface area contributed by atoms with Gasteiger partial charge in [0.1, 0.15) is 29.4 Å². The van der Waals surface area contributed by atoms with Crippen molar-refractivity contribution in [2.45, 2.75) is 70.9 Å². The summed E-state index contributed by atoms with van der Waals surface area (Å²) >= 11 is 0. The molecule has 0 aliphatic carbocycles. The maximum Gasteiger partial charge on any atom is 0.266 e. The summed E-state index contributed by atoms with van der Waals surface area (Å²) < 4.78 is 11.2. The maximum atomic E-state index is 13.2. The second-order valence-corrected chi connectivity index (χ2v) is 14.3. The minimum absolute atomic E-state index is 0.000319. The topological polar surface area (TPSA) is 209 Å². The van der Waals surface area contributed by atoms with E-state index >= 15 is 0 Å². The van der Waals surface area contributed by atoms with Crippen LogP contribution in [-0.2, 0) is 19.2 Å². The molecule has 0 bridgehead atoms. The minimum Gasteiger partial charge on any atom is -0.495 e. The van der Waals surface area contributed by atoms with Crippen LogP contribution in [-0.4, -0.2) is 104 Å². The third kappa shape index (κ3) is 8.72. The largest absolute Gasteiger partial charge is 0.495 e. The molecule has 3 aromatic rings. The Balaban J connectivity index is 0.952. The lowest BCUT2D eigenvalue weighted by atomic mass is 10.0. The molecule has 3 aliphatic rings. The van der Waals surface area contributed by atoms with Crippen molar-refractivity contribution in [3.63, 3.8) is 0 Å². The van der Waals surface area contributed by atoms with E-state index in [1.54, 1.807) is 36.2 Å². The lowest BCUT2D eigenvalue weighted by molar-refractivity contribution is -0.136. The number of nitrogens with one attached hydrogen (secondary N) is 4. The summed E-state index contributed by atoms with van der Waals surface area (Å²) in [5, 5.41) is 11.1. The molecule has 2 aromatic carbocycles. The number of carbonyl (C=O) groups excluding carboxylic acids is 7. The van der Waals surface area contributed by atoms with Crippen LogP contribution < -0.4 is 40.5 Å². The molecular weight excluding hydrogens is 748 g/mol. The van der Waals surface area contributed by atoms with Crippen LogP contribution in [0.15, 0.2) is 48.5 Å². The number of methoxy groups -OCH3 is 1. The van der Waals surface area contributed by atoms with Gasteiger partial charge in [-0.2, -0.15) is 0 Å². The van der Waals surface area contributed by atoms with Crippen molar-refractivity contribution in [1.82, 2.24) is 25.8 Å². The highest BCUT2D eigenvalue weighted by Gasteiger charge is 2.46. The minimum atomic E-state index is -1.12. The molecule has 1 unspecified atom stereocenters. The summed E-state index contributed by atoms with van der Waals surface area (Å²) in [6.45, 7) is 4.99. The standard InChI is InChI=1S/C41H48N8O9/c1-5-6-9-21-48-24(2)39(54)47(3)28-15-17-32(45-36(28)48)44-27-14-13-25(22-31(27)57-4)37(52)43-20-8-7-19-42-34(51)23-58-30-12-10-11-26-35(30)41(56)49(40(26)55)29-16-18-33(50)46-38(29)53/h10-15,17,22,24,29H,5-9,16,18-21,23H2,1-4H3,(H,42,51)(H,43,52)(H,44,45)(H,46,50,53)/t24-,29?/m1/s1. The van der Waals surface area contributed by atoms with Gasteiger partial charge in [-0.05, 0) is 75.1 Å². The fraction of sp³-hybridized carbons (Fsp3) is 0.415. The summed E-state index contributed by atoms with van der Waals surface area (Å²) in [5.41, 5.74) is 1.77. The number of amides is 7. The van der Waals surface area contributed by atoms with Gasteiger partial charge in [-0.25, -0.2) is 4.98 Å². The Hall–Kier alpha value is -6.52. The number of hydrogen-bond acceptors (Lipinski definition) is 12. The van der Waals surface area contributed by atoms with E-state index in [-0.39, 0.29) is 47.6 Å². The fourth-order valence-electron chi connectivity index (χ4n) is 7.19. The number of anilines is 4. The molecule has 306 valence electrons. The van der Waals surface area contributed by atoms with Crippen LogP contribution in [0.25, 0.3) is 0 Å². The molecule has 3 aliphatic heterocycles. The van der Waals surface area contributed by atoms with Crippen molar-refractivity contribution in [2.75, 3.05) is 55.5 Å². The van der Waals surface area contributed by atoms with Gasteiger partial charge in [0.05, 0.1) is 29.6 Å². The van der Waals surface area contributed by atoms with Crippen LogP contribution in [0.3, 0.4) is 0 Å². The summed E-state index contributed by atoms with van der Waals surface area (Å²) in [4.78, 5) is 98.1. The smallest absolute Gasteiger partial charge is 0.266 e.